The lowest BCUT2D eigenvalue weighted by Crippen LogP contribution is -1.89. The molecule has 0 saturated heterocycles. The van der Waals surface area contributed by atoms with Gasteiger partial charge in [0.2, 0.25) is 0 Å². The van der Waals surface area contributed by atoms with E-state index in [2.05, 4.69) is 6.58 Å². The lowest BCUT2D eigenvalue weighted by Gasteiger charge is -2.10. The van der Waals surface area contributed by atoms with Crippen molar-refractivity contribution in [2.75, 3.05) is 0 Å². The van der Waals surface area contributed by atoms with Crippen LogP contribution in [-0.2, 0) is 16.8 Å². The molecule has 0 unspecified atom stereocenters. The van der Waals surface area contributed by atoms with Gasteiger partial charge < -0.3 is 5.11 Å². The summed E-state index contributed by atoms with van der Waals surface area (Å²) in [5, 5.41) is 9.94. The van der Waals surface area contributed by atoms with Gasteiger partial charge in [-0.1, -0.05) is 48.5 Å². The van der Waals surface area contributed by atoms with Gasteiger partial charge in [-0.3, -0.25) is 9.11 Å². The molecule has 5 nitrogen and oxygen atoms in total. The number of rotatable bonds is 3. The molecule has 0 aliphatic carbocycles. The number of hydrogen-bond donors (Lipinski definition) is 3. The maximum Gasteiger partial charge on any atom is 0.394 e. The maximum atomic E-state index is 9.94. The predicted octanol–water partition coefficient (Wildman–Crippen LogP) is 3.13. The van der Waals surface area contributed by atoms with Crippen LogP contribution >= 0.6 is 0 Å². The Balaban J connectivity index is 0.000000383. The molecule has 0 bridgehead atoms. The van der Waals surface area contributed by atoms with E-state index >= 15 is 0 Å². The van der Waals surface area contributed by atoms with Gasteiger partial charge in [-0.15, -0.1) is 6.58 Å². The number of hydrogen-bond acceptors (Lipinski definition) is 3. The first-order valence-electron chi connectivity index (χ1n) is 6.00. The van der Waals surface area contributed by atoms with Crippen LogP contribution in [0, 0.1) is 0 Å². The molecule has 0 atom stereocenters. The summed E-state index contributed by atoms with van der Waals surface area (Å²) in [6, 6.07) is 15.5. The third-order valence-corrected chi connectivity index (χ3v) is 2.56. The van der Waals surface area contributed by atoms with Gasteiger partial charge in [0.05, 0.1) is 0 Å². The molecule has 2 aromatic rings. The molecule has 0 aromatic heterocycles. The molecule has 0 aliphatic heterocycles. The smallest absolute Gasteiger partial charge is 0.394 e. The number of phenols is 1. The van der Waals surface area contributed by atoms with Crippen molar-refractivity contribution in [3.05, 3.63) is 66.7 Å². The second-order valence-electron chi connectivity index (χ2n) is 4.12. The summed E-state index contributed by atoms with van der Waals surface area (Å²) in [5.74, 6) is 0.325. The lowest BCUT2D eigenvalue weighted by atomic mass is 9.97. The van der Waals surface area contributed by atoms with Crippen molar-refractivity contribution in [2.45, 2.75) is 6.42 Å². The average Bonchev–Trinajstić information content (AvgIpc) is 2.38. The number of allylic oxidation sites excluding steroid dienone is 1. The van der Waals surface area contributed by atoms with Crippen molar-refractivity contribution in [1.29, 1.82) is 0 Å². The van der Waals surface area contributed by atoms with Gasteiger partial charge in [0.25, 0.3) is 0 Å². The molecule has 2 aromatic carbocycles. The molecule has 0 heterocycles. The molecule has 0 amide bonds. The number of benzene rings is 2. The van der Waals surface area contributed by atoms with Crippen LogP contribution in [0.4, 0.5) is 0 Å². The zero-order chi connectivity index (χ0) is 15.9. The first kappa shape index (κ1) is 16.9. The predicted molar refractivity (Wildman–Crippen MR) is 81.6 cm³/mol. The standard InChI is InChI=1S/C15H14O.H2O4S/c1-2-7-12-10-6-11-14(16)15(12)13-8-4-3-5-9-13;1-5(2,3)4/h2-6,8-11,16H,1,7H2;(H2,1,2,3,4). The zero-order valence-corrected chi connectivity index (χ0v) is 12.0. The Morgan fingerprint density at radius 2 is 1.57 bits per heavy atom. The van der Waals surface area contributed by atoms with E-state index < -0.39 is 10.4 Å². The quantitative estimate of drug-likeness (QED) is 0.598. The Labute approximate surface area is 123 Å². The summed E-state index contributed by atoms with van der Waals surface area (Å²) in [7, 11) is -4.67. The largest absolute Gasteiger partial charge is 0.507 e. The van der Waals surface area contributed by atoms with Crippen molar-refractivity contribution in [2.24, 2.45) is 0 Å². The van der Waals surface area contributed by atoms with E-state index in [-0.39, 0.29) is 0 Å². The highest BCUT2D eigenvalue weighted by Crippen LogP contribution is 2.32. The van der Waals surface area contributed by atoms with Gasteiger partial charge in [0, 0.05) is 5.56 Å². The minimum absolute atomic E-state index is 0.325. The van der Waals surface area contributed by atoms with Crippen LogP contribution in [-0.4, -0.2) is 22.6 Å². The van der Waals surface area contributed by atoms with Gasteiger partial charge in [-0.05, 0) is 23.6 Å². The third kappa shape index (κ3) is 6.22. The van der Waals surface area contributed by atoms with Crippen LogP contribution < -0.4 is 0 Å². The molecule has 0 aliphatic rings. The highest BCUT2D eigenvalue weighted by atomic mass is 32.3. The first-order chi connectivity index (χ1) is 9.83. The summed E-state index contributed by atoms with van der Waals surface area (Å²) < 4.78 is 31.6. The SMILES string of the molecule is C=CCc1cccc(O)c1-c1ccccc1.O=S(=O)(O)O. The van der Waals surface area contributed by atoms with Crippen molar-refractivity contribution >= 4 is 10.4 Å². The molecular formula is C15H16O5S. The van der Waals surface area contributed by atoms with Crippen molar-refractivity contribution in [1.82, 2.24) is 0 Å². The Morgan fingerprint density at radius 1 is 1.00 bits per heavy atom. The van der Waals surface area contributed by atoms with E-state index in [0.717, 1.165) is 23.1 Å². The van der Waals surface area contributed by atoms with E-state index in [0.29, 0.717) is 5.75 Å². The average molecular weight is 308 g/mol. The summed E-state index contributed by atoms with van der Waals surface area (Å²) in [6.07, 6.45) is 2.61. The van der Waals surface area contributed by atoms with E-state index in [1.54, 1.807) is 6.07 Å². The molecular weight excluding hydrogens is 292 g/mol. The fraction of sp³-hybridized carbons (Fsp3) is 0.0667. The van der Waals surface area contributed by atoms with Crippen LogP contribution in [0.1, 0.15) is 5.56 Å². The van der Waals surface area contributed by atoms with E-state index in [4.69, 9.17) is 17.5 Å². The van der Waals surface area contributed by atoms with Crippen LogP contribution in [0.25, 0.3) is 11.1 Å². The van der Waals surface area contributed by atoms with E-state index in [1.165, 1.54) is 0 Å². The molecule has 0 fully saturated rings. The van der Waals surface area contributed by atoms with Crippen molar-refractivity contribution < 1.29 is 22.6 Å². The highest BCUT2D eigenvalue weighted by molar-refractivity contribution is 7.79. The summed E-state index contributed by atoms with van der Waals surface area (Å²) in [4.78, 5) is 0. The zero-order valence-electron chi connectivity index (χ0n) is 11.2. The second-order valence-corrected chi connectivity index (χ2v) is 5.01. The molecule has 0 spiro atoms. The molecule has 21 heavy (non-hydrogen) atoms. The normalized spacial score (nSPS) is 10.4. The molecule has 112 valence electrons. The molecule has 0 saturated carbocycles. The van der Waals surface area contributed by atoms with E-state index in [9.17, 15) is 5.11 Å². The van der Waals surface area contributed by atoms with Crippen LogP contribution in [0.3, 0.4) is 0 Å². The van der Waals surface area contributed by atoms with Gasteiger partial charge >= 0.3 is 10.4 Å². The molecule has 0 radical (unpaired) electrons. The van der Waals surface area contributed by atoms with Crippen LogP contribution in [0.5, 0.6) is 5.75 Å². The number of aromatic hydroxyl groups is 1. The van der Waals surface area contributed by atoms with Gasteiger partial charge in [0.15, 0.2) is 0 Å². The van der Waals surface area contributed by atoms with E-state index in [1.807, 2.05) is 48.5 Å². The third-order valence-electron chi connectivity index (χ3n) is 2.56. The Hall–Kier alpha value is -2.15. The summed E-state index contributed by atoms with van der Waals surface area (Å²) in [5.41, 5.74) is 3.04. The Kier molecular flexibility index (Phi) is 6.10. The van der Waals surface area contributed by atoms with Crippen LogP contribution in [0.2, 0.25) is 0 Å². The van der Waals surface area contributed by atoms with Gasteiger partial charge in [0.1, 0.15) is 5.75 Å². The first-order valence-corrected chi connectivity index (χ1v) is 7.39. The van der Waals surface area contributed by atoms with Crippen molar-refractivity contribution in [3.63, 3.8) is 0 Å². The molecule has 2 rings (SSSR count). The monoisotopic (exact) mass is 308 g/mol. The van der Waals surface area contributed by atoms with Crippen LogP contribution in [0.15, 0.2) is 61.2 Å². The second kappa shape index (κ2) is 7.58. The minimum Gasteiger partial charge on any atom is -0.507 e. The maximum absolute atomic E-state index is 9.94. The van der Waals surface area contributed by atoms with Gasteiger partial charge in [-0.25, -0.2) is 0 Å². The van der Waals surface area contributed by atoms with Gasteiger partial charge in [-0.2, -0.15) is 8.42 Å². The Bertz CT molecular complexity index is 685. The fourth-order valence-electron chi connectivity index (χ4n) is 1.85. The summed E-state index contributed by atoms with van der Waals surface area (Å²) >= 11 is 0. The molecule has 6 heteroatoms. The fourth-order valence-corrected chi connectivity index (χ4v) is 1.85. The lowest BCUT2D eigenvalue weighted by molar-refractivity contribution is 0.381. The summed E-state index contributed by atoms with van der Waals surface area (Å²) in [6.45, 7) is 3.74. The Morgan fingerprint density at radius 3 is 2.10 bits per heavy atom. The highest BCUT2D eigenvalue weighted by Gasteiger charge is 2.08. The van der Waals surface area contributed by atoms with Crippen molar-refractivity contribution in [3.8, 4) is 16.9 Å². The number of phenolic OH excluding ortho intramolecular Hbond substituents is 1. The minimum atomic E-state index is -4.67. The topological polar surface area (TPSA) is 94.8 Å². The molecule has 3 N–H and O–H groups in total.